The molecule has 3 nitrogen and oxygen atoms in total. The maximum Gasteiger partial charge on any atom is 0.255 e. The van der Waals surface area contributed by atoms with Gasteiger partial charge in [0.1, 0.15) is 11.5 Å². The Kier molecular flexibility index (Phi) is 6.65. The molecule has 3 rings (SSSR count). The zero-order valence-electron chi connectivity index (χ0n) is 13.1. The van der Waals surface area contributed by atoms with E-state index in [0.717, 1.165) is 7.14 Å². The number of hydrogen-bond acceptors (Lipinski definition) is 2. The first kappa shape index (κ1) is 19.7. The number of amides is 1. The third-order valence-corrected chi connectivity index (χ3v) is 5.15. The van der Waals surface area contributed by atoms with Gasteiger partial charge in [-0.1, -0.05) is 23.2 Å². The second-order valence-electron chi connectivity index (χ2n) is 5.31. The molecule has 0 aliphatic heterocycles. The van der Waals surface area contributed by atoms with Gasteiger partial charge >= 0.3 is 0 Å². The Bertz CT molecular complexity index is 942. The highest BCUT2D eigenvalue weighted by Gasteiger charge is 2.10. The molecule has 0 heterocycles. The van der Waals surface area contributed by atoms with Gasteiger partial charge in [-0.25, -0.2) is 0 Å². The van der Waals surface area contributed by atoms with Crippen LogP contribution in [0.1, 0.15) is 10.4 Å². The van der Waals surface area contributed by atoms with Crippen LogP contribution in [0.4, 0.5) is 5.69 Å². The highest BCUT2D eigenvalue weighted by molar-refractivity contribution is 14.1. The van der Waals surface area contributed by atoms with Crippen LogP contribution in [-0.2, 0) is 0 Å². The molecule has 0 saturated heterocycles. The number of hydrogen-bond donors (Lipinski definition) is 1. The molecule has 0 fully saturated rings. The molecule has 132 valence electrons. The third kappa shape index (κ3) is 5.25. The van der Waals surface area contributed by atoms with Gasteiger partial charge in [0.25, 0.3) is 5.91 Å². The van der Waals surface area contributed by atoms with Crippen LogP contribution in [0.2, 0.25) is 10.0 Å². The highest BCUT2D eigenvalue weighted by atomic mass is 127. The van der Waals surface area contributed by atoms with Crippen molar-refractivity contribution in [2.45, 2.75) is 0 Å². The molecular formula is C19H11Cl2I2NO2. The molecule has 0 aliphatic rings. The lowest BCUT2D eigenvalue weighted by Gasteiger charge is -2.11. The minimum atomic E-state index is -0.191. The average Bonchev–Trinajstić information content (AvgIpc) is 2.58. The first-order valence-electron chi connectivity index (χ1n) is 7.41. The van der Waals surface area contributed by atoms with Gasteiger partial charge in [0.05, 0.1) is 5.02 Å². The van der Waals surface area contributed by atoms with Gasteiger partial charge in [-0.05, 0) is 106 Å². The zero-order valence-corrected chi connectivity index (χ0v) is 18.9. The van der Waals surface area contributed by atoms with Gasteiger partial charge in [-0.3, -0.25) is 4.79 Å². The van der Waals surface area contributed by atoms with Crippen LogP contribution in [0.15, 0.2) is 60.7 Å². The molecule has 0 saturated carbocycles. The van der Waals surface area contributed by atoms with Crippen molar-refractivity contribution in [2.75, 3.05) is 5.32 Å². The van der Waals surface area contributed by atoms with Gasteiger partial charge in [0.15, 0.2) is 0 Å². The van der Waals surface area contributed by atoms with E-state index in [9.17, 15) is 4.79 Å². The number of benzene rings is 3. The second kappa shape index (κ2) is 8.77. The summed E-state index contributed by atoms with van der Waals surface area (Å²) in [5.41, 5.74) is 1.19. The van der Waals surface area contributed by atoms with Crippen molar-refractivity contribution < 1.29 is 9.53 Å². The average molecular weight is 610 g/mol. The van der Waals surface area contributed by atoms with Crippen molar-refractivity contribution in [1.29, 1.82) is 0 Å². The Morgan fingerprint density at radius 3 is 2.15 bits per heavy atom. The summed E-state index contributed by atoms with van der Waals surface area (Å²) in [4.78, 5) is 12.4. The smallest absolute Gasteiger partial charge is 0.255 e. The van der Waals surface area contributed by atoms with Crippen molar-refractivity contribution in [3.8, 4) is 11.5 Å². The van der Waals surface area contributed by atoms with E-state index in [1.807, 2.05) is 18.2 Å². The molecule has 1 amide bonds. The SMILES string of the molecule is O=C(Nc1ccc(Oc2ccc(Cl)cc2)c(Cl)c1)c1cc(I)cc(I)c1. The first-order chi connectivity index (χ1) is 12.4. The van der Waals surface area contributed by atoms with Crippen LogP contribution in [-0.4, -0.2) is 5.91 Å². The summed E-state index contributed by atoms with van der Waals surface area (Å²) in [6.45, 7) is 0. The maximum absolute atomic E-state index is 12.4. The topological polar surface area (TPSA) is 38.3 Å². The van der Waals surface area contributed by atoms with Gasteiger partial charge in [0.2, 0.25) is 0 Å². The number of nitrogens with one attached hydrogen (secondary N) is 1. The molecule has 0 atom stereocenters. The third-order valence-electron chi connectivity index (χ3n) is 3.36. The van der Waals surface area contributed by atoms with Gasteiger partial charge in [-0.2, -0.15) is 0 Å². The fourth-order valence-corrected chi connectivity index (χ4v) is 4.46. The molecule has 7 heteroatoms. The molecule has 0 bridgehead atoms. The van der Waals surface area contributed by atoms with Crippen LogP contribution in [0.5, 0.6) is 11.5 Å². The second-order valence-corrected chi connectivity index (χ2v) is 8.65. The van der Waals surface area contributed by atoms with Gasteiger partial charge in [0, 0.05) is 23.4 Å². The first-order valence-corrected chi connectivity index (χ1v) is 10.3. The number of ether oxygens (including phenoxy) is 1. The van der Waals surface area contributed by atoms with Crippen molar-refractivity contribution in [1.82, 2.24) is 0 Å². The van der Waals surface area contributed by atoms with Crippen LogP contribution in [0.3, 0.4) is 0 Å². The van der Waals surface area contributed by atoms with Crippen molar-refractivity contribution in [3.63, 3.8) is 0 Å². The summed E-state index contributed by atoms with van der Waals surface area (Å²) in [6, 6.07) is 17.8. The van der Waals surface area contributed by atoms with Gasteiger partial charge < -0.3 is 10.1 Å². The number of carbonyl (C=O) groups excluding carboxylic acids is 1. The number of halogens is 4. The normalized spacial score (nSPS) is 10.5. The highest BCUT2D eigenvalue weighted by Crippen LogP contribution is 2.32. The molecule has 1 N–H and O–H groups in total. The van der Waals surface area contributed by atoms with E-state index in [4.69, 9.17) is 27.9 Å². The molecule has 3 aromatic carbocycles. The summed E-state index contributed by atoms with van der Waals surface area (Å²) >= 11 is 16.5. The number of carbonyl (C=O) groups is 1. The van der Waals surface area contributed by atoms with Crippen molar-refractivity contribution in [2.24, 2.45) is 0 Å². The summed E-state index contributed by atoms with van der Waals surface area (Å²) < 4.78 is 7.74. The van der Waals surface area contributed by atoms with E-state index in [1.54, 1.807) is 42.5 Å². The molecule has 0 radical (unpaired) electrons. The summed E-state index contributed by atoms with van der Waals surface area (Å²) in [6.07, 6.45) is 0. The predicted molar refractivity (Wildman–Crippen MR) is 123 cm³/mol. The van der Waals surface area contributed by atoms with E-state index < -0.39 is 0 Å². The Morgan fingerprint density at radius 1 is 0.885 bits per heavy atom. The monoisotopic (exact) mass is 609 g/mol. The van der Waals surface area contributed by atoms with Gasteiger partial charge in [-0.15, -0.1) is 0 Å². The standard InChI is InChI=1S/C19H11Cl2I2NO2/c20-12-1-4-16(5-2-12)26-18-6-3-15(10-17(18)21)24-19(25)11-7-13(22)9-14(23)8-11/h1-10H,(H,24,25). The molecule has 26 heavy (non-hydrogen) atoms. The van der Waals surface area contributed by atoms with Crippen molar-refractivity contribution in [3.05, 3.63) is 83.4 Å². The fourth-order valence-electron chi connectivity index (χ4n) is 2.18. The summed E-state index contributed by atoms with van der Waals surface area (Å²) in [5.74, 6) is 0.932. The van der Waals surface area contributed by atoms with Crippen LogP contribution in [0, 0.1) is 7.14 Å². The lowest BCUT2D eigenvalue weighted by atomic mass is 10.2. The number of rotatable bonds is 4. The van der Waals surface area contributed by atoms with E-state index in [2.05, 4.69) is 50.5 Å². The molecule has 0 aromatic heterocycles. The summed E-state index contributed by atoms with van der Waals surface area (Å²) in [7, 11) is 0. The van der Waals surface area contributed by atoms with E-state index in [-0.39, 0.29) is 5.91 Å². The van der Waals surface area contributed by atoms with E-state index in [1.165, 1.54) is 0 Å². The minimum Gasteiger partial charge on any atom is -0.456 e. The Labute approximate surface area is 188 Å². The van der Waals surface area contributed by atoms with Crippen molar-refractivity contribution >= 4 is 80.0 Å². The molecule has 0 unspecified atom stereocenters. The number of anilines is 1. The van der Waals surface area contributed by atoms with Crippen LogP contribution < -0.4 is 10.1 Å². The van der Waals surface area contributed by atoms with E-state index in [0.29, 0.717) is 32.8 Å². The zero-order chi connectivity index (χ0) is 18.7. The fraction of sp³-hybridized carbons (Fsp3) is 0. The Balaban J connectivity index is 1.74. The Hall–Kier alpha value is -1.03. The molecular weight excluding hydrogens is 599 g/mol. The lowest BCUT2D eigenvalue weighted by Crippen LogP contribution is -2.12. The van der Waals surface area contributed by atoms with E-state index >= 15 is 0 Å². The molecule has 0 spiro atoms. The minimum absolute atomic E-state index is 0.191. The maximum atomic E-state index is 12.4. The lowest BCUT2D eigenvalue weighted by molar-refractivity contribution is 0.102. The quantitative estimate of drug-likeness (QED) is 0.317. The summed E-state index contributed by atoms with van der Waals surface area (Å²) in [5, 5.41) is 3.88. The van der Waals surface area contributed by atoms with Crippen LogP contribution >= 0.6 is 68.4 Å². The Morgan fingerprint density at radius 2 is 1.54 bits per heavy atom. The predicted octanol–water partition coefficient (Wildman–Crippen LogP) is 7.25. The molecule has 3 aromatic rings. The van der Waals surface area contributed by atoms with Crippen LogP contribution in [0.25, 0.3) is 0 Å². The molecule has 0 aliphatic carbocycles. The largest absolute Gasteiger partial charge is 0.456 e.